The molecule has 0 spiro atoms. The van der Waals surface area contributed by atoms with Gasteiger partial charge < -0.3 is 15.0 Å². The fraction of sp³-hybridized carbons (Fsp3) is 0.571. The Hall–Kier alpha value is -1.22. The lowest BCUT2D eigenvalue weighted by Crippen LogP contribution is -2.61. The molecule has 0 radical (unpaired) electrons. The second kappa shape index (κ2) is 4.22. The fourth-order valence-electron chi connectivity index (χ4n) is 2.72. The van der Waals surface area contributed by atoms with Gasteiger partial charge in [0.15, 0.2) is 0 Å². The number of anilines is 1. The second-order valence-corrected chi connectivity index (χ2v) is 5.34. The largest absolute Gasteiger partial charge is 0.489 e. The molecule has 0 saturated carbocycles. The first-order valence-electron chi connectivity index (χ1n) is 6.47. The summed E-state index contributed by atoms with van der Waals surface area (Å²) in [6.45, 7) is 7.48. The van der Waals surface area contributed by atoms with E-state index >= 15 is 0 Å². The highest BCUT2D eigenvalue weighted by Gasteiger charge is 2.33. The fourth-order valence-corrected chi connectivity index (χ4v) is 2.72. The average molecular weight is 232 g/mol. The molecule has 1 fully saturated rings. The molecule has 0 aromatic heterocycles. The molecule has 2 heterocycles. The Labute approximate surface area is 103 Å². The van der Waals surface area contributed by atoms with E-state index in [4.69, 9.17) is 4.74 Å². The van der Waals surface area contributed by atoms with Crippen LogP contribution in [0.2, 0.25) is 0 Å². The molecular formula is C14H20N2O. The highest BCUT2D eigenvalue weighted by molar-refractivity contribution is 5.61. The van der Waals surface area contributed by atoms with Crippen molar-refractivity contribution in [2.75, 3.05) is 24.6 Å². The number of nitrogens with one attached hydrogen (secondary N) is 1. The van der Waals surface area contributed by atoms with Crippen LogP contribution in [0.1, 0.15) is 13.8 Å². The number of hydrogen-bond donors (Lipinski definition) is 1. The van der Waals surface area contributed by atoms with E-state index in [-0.39, 0.29) is 0 Å². The molecule has 1 unspecified atom stereocenters. The average Bonchev–Trinajstić information content (AvgIpc) is 2.38. The van der Waals surface area contributed by atoms with Crippen LogP contribution in [0.15, 0.2) is 24.3 Å². The van der Waals surface area contributed by atoms with Crippen LogP contribution in [0.25, 0.3) is 0 Å². The van der Waals surface area contributed by atoms with Gasteiger partial charge in [-0.05, 0) is 18.1 Å². The van der Waals surface area contributed by atoms with E-state index < -0.39 is 0 Å². The number of piperazine rings is 1. The predicted molar refractivity (Wildman–Crippen MR) is 69.7 cm³/mol. The first-order valence-corrected chi connectivity index (χ1v) is 6.47. The van der Waals surface area contributed by atoms with E-state index in [2.05, 4.69) is 42.3 Å². The Morgan fingerprint density at radius 2 is 2.18 bits per heavy atom. The molecule has 0 bridgehead atoms. The van der Waals surface area contributed by atoms with Crippen molar-refractivity contribution in [2.24, 2.45) is 5.92 Å². The lowest BCUT2D eigenvalue weighted by molar-refractivity contribution is 0.221. The van der Waals surface area contributed by atoms with Gasteiger partial charge in [0.1, 0.15) is 12.4 Å². The predicted octanol–water partition coefficient (Wildman–Crippen LogP) is 1.88. The minimum atomic E-state index is 0.486. The normalized spacial score (nSPS) is 27.4. The van der Waals surface area contributed by atoms with Crippen LogP contribution in [0.5, 0.6) is 5.75 Å². The van der Waals surface area contributed by atoms with Gasteiger partial charge >= 0.3 is 0 Å². The summed E-state index contributed by atoms with van der Waals surface area (Å²) in [6, 6.07) is 9.44. The lowest BCUT2D eigenvalue weighted by Gasteiger charge is -2.46. The van der Waals surface area contributed by atoms with Gasteiger partial charge in [-0.1, -0.05) is 26.0 Å². The van der Waals surface area contributed by atoms with Crippen LogP contribution in [0, 0.1) is 5.92 Å². The molecule has 1 saturated heterocycles. The molecule has 17 heavy (non-hydrogen) atoms. The second-order valence-electron chi connectivity index (χ2n) is 5.34. The van der Waals surface area contributed by atoms with Crippen molar-refractivity contribution in [2.45, 2.75) is 25.9 Å². The maximum Gasteiger partial charge on any atom is 0.142 e. The zero-order valence-corrected chi connectivity index (χ0v) is 10.5. The quantitative estimate of drug-likeness (QED) is 0.800. The van der Waals surface area contributed by atoms with Crippen molar-refractivity contribution in [3.05, 3.63) is 24.3 Å². The first-order chi connectivity index (χ1) is 8.25. The van der Waals surface area contributed by atoms with Crippen LogP contribution < -0.4 is 15.0 Å². The Bertz CT molecular complexity index is 405. The molecular weight excluding hydrogens is 212 g/mol. The Balaban J connectivity index is 1.88. The number of nitrogens with zero attached hydrogens (tertiary/aromatic N) is 1. The van der Waals surface area contributed by atoms with Crippen LogP contribution >= 0.6 is 0 Å². The van der Waals surface area contributed by atoms with Gasteiger partial charge in [-0.2, -0.15) is 0 Å². The summed E-state index contributed by atoms with van der Waals surface area (Å²) in [5, 5.41) is 3.63. The Morgan fingerprint density at radius 3 is 3.00 bits per heavy atom. The highest BCUT2D eigenvalue weighted by atomic mass is 16.5. The van der Waals surface area contributed by atoms with E-state index in [0.29, 0.717) is 18.0 Å². The molecule has 1 aromatic rings. The minimum Gasteiger partial charge on any atom is -0.489 e. The third-order valence-corrected chi connectivity index (χ3v) is 3.86. The summed E-state index contributed by atoms with van der Waals surface area (Å²) in [6.07, 6.45) is 0. The summed E-state index contributed by atoms with van der Waals surface area (Å²) in [5.41, 5.74) is 1.26. The van der Waals surface area contributed by atoms with Gasteiger partial charge in [0, 0.05) is 19.1 Å². The molecule has 2 aliphatic heterocycles. The lowest BCUT2D eigenvalue weighted by atomic mass is 9.98. The number of ether oxygens (including phenoxy) is 1. The molecule has 2 aliphatic rings. The molecule has 3 heteroatoms. The van der Waals surface area contributed by atoms with Crippen molar-refractivity contribution in [1.82, 2.24) is 5.32 Å². The number of benzene rings is 1. The maximum atomic E-state index is 5.81. The van der Waals surface area contributed by atoms with Gasteiger partial charge in [0.25, 0.3) is 0 Å². The minimum absolute atomic E-state index is 0.486. The van der Waals surface area contributed by atoms with E-state index in [1.54, 1.807) is 0 Å². The smallest absolute Gasteiger partial charge is 0.142 e. The highest BCUT2D eigenvalue weighted by Crippen LogP contribution is 2.34. The molecule has 2 atom stereocenters. The summed E-state index contributed by atoms with van der Waals surface area (Å²) in [7, 11) is 0. The molecule has 3 nitrogen and oxygen atoms in total. The van der Waals surface area contributed by atoms with Gasteiger partial charge in [-0.15, -0.1) is 0 Å². The maximum absolute atomic E-state index is 5.81. The number of rotatable bonds is 1. The van der Waals surface area contributed by atoms with Crippen molar-refractivity contribution in [3.8, 4) is 5.75 Å². The summed E-state index contributed by atoms with van der Waals surface area (Å²) < 4.78 is 5.81. The van der Waals surface area contributed by atoms with E-state index in [9.17, 15) is 0 Å². The first kappa shape index (κ1) is 10.9. The van der Waals surface area contributed by atoms with E-state index in [1.807, 2.05) is 6.07 Å². The standard InChI is InChI=1S/C14H20N2O/c1-10(2)12-8-16-11(7-15-12)9-17-14-6-4-3-5-13(14)16/h3-6,10-12,15H,7-9H2,1-2H3/t11?,12-/m1/s1. The summed E-state index contributed by atoms with van der Waals surface area (Å²) in [5.74, 6) is 1.71. The monoisotopic (exact) mass is 232 g/mol. The van der Waals surface area contributed by atoms with Crippen LogP contribution in [-0.4, -0.2) is 31.8 Å². The van der Waals surface area contributed by atoms with Crippen molar-refractivity contribution < 1.29 is 4.74 Å². The SMILES string of the molecule is CC(C)[C@H]1CN2c3ccccc3OCC2CN1. The van der Waals surface area contributed by atoms with E-state index in [1.165, 1.54) is 5.69 Å². The topological polar surface area (TPSA) is 24.5 Å². The zero-order chi connectivity index (χ0) is 11.8. The molecule has 1 N–H and O–H groups in total. The Kier molecular flexibility index (Phi) is 2.71. The third kappa shape index (κ3) is 1.89. The van der Waals surface area contributed by atoms with Crippen LogP contribution in [-0.2, 0) is 0 Å². The van der Waals surface area contributed by atoms with Gasteiger partial charge in [-0.25, -0.2) is 0 Å². The molecule has 0 aliphatic carbocycles. The van der Waals surface area contributed by atoms with Crippen molar-refractivity contribution in [3.63, 3.8) is 0 Å². The number of fused-ring (bicyclic) bond motifs is 3. The molecule has 92 valence electrons. The number of hydrogen-bond acceptors (Lipinski definition) is 3. The van der Waals surface area contributed by atoms with Gasteiger partial charge in [0.05, 0.1) is 11.7 Å². The summed E-state index contributed by atoms with van der Waals surface area (Å²) >= 11 is 0. The van der Waals surface area contributed by atoms with Crippen LogP contribution in [0.3, 0.4) is 0 Å². The van der Waals surface area contributed by atoms with E-state index in [0.717, 1.165) is 25.4 Å². The van der Waals surface area contributed by atoms with Crippen molar-refractivity contribution >= 4 is 5.69 Å². The Morgan fingerprint density at radius 1 is 1.35 bits per heavy atom. The molecule has 3 rings (SSSR count). The third-order valence-electron chi connectivity index (χ3n) is 3.86. The zero-order valence-electron chi connectivity index (χ0n) is 10.5. The molecule has 0 amide bonds. The van der Waals surface area contributed by atoms with Crippen LogP contribution in [0.4, 0.5) is 5.69 Å². The number of para-hydroxylation sites is 2. The summed E-state index contributed by atoms with van der Waals surface area (Å²) in [4.78, 5) is 2.51. The van der Waals surface area contributed by atoms with Gasteiger partial charge in [-0.3, -0.25) is 0 Å². The van der Waals surface area contributed by atoms with Gasteiger partial charge in [0.2, 0.25) is 0 Å². The van der Waals surface area contributed by atoms with Crippen molar-refractivity contribution in [1.29, 1.82) is 0 Å². The molecule has 1 aromatic carbocycles.